The van der Waals surface area contributed by atoms with E-state index in [9.17, 15) is 9.59 Å². The maximum Gasteiger partial charge on any atom is 0.337 e. The number of amides is 1. The molecular weight excluding hydrogens is 466 g/mol. The minimum atomic E-state index is -0.423. The topological polar surface area (TPSA) is 106 Å². The molecule has 3 heterocycles. The lowest BCUT2D eigenvalue weighted by Crippen LogP contribution is -2.12. The summed E-state index contributed by atoms with van der Waals surface area (Å²) in [6.07, 6.45) is 7.54. The molecule has 0 fully saturated rings. The lowest BCUT2D eigenvalue weighted by atomic mass is 10.1. The lowest BCUT2D eigenvalue weighted by Gasteiger charge is -2.11. The third-order valence-electron chi connectivity index (χ3n) is 5.82. The quantitative estimate of drug-likeness (QED) is 0.295. The Morgan fingerprint density at radius 2 is 1.57 bits per heavy atom. The molecule has 1 amide bonds. The Labute approximate surface area is 213 Å². The molecule has 5 rings (SSSR count). The number of aromatic nitrogens is 3. The molecule has 0 radical (unpaired) electrons. The first-order chi connectivity index (χ1) is 18.1. The Morgan fingerprint density at radius 3 is 2.30 bits per heavy atom. The van der Waals surface area contributed by atoms with Crippen LogP contribution in [0.15, 0.2) is 97.6 Å². The normalized spacial score (nSPS) is 10.6. The molecule has 0 saturated heterocycles. The van der Waals surface area contributed by atoms with Gasteiger partial charge >= 0.3 is 5.97 Å². The number of hydrogen-bond donors (Lipinski definition) is 2. The summed E-state index contributed by atoms with van der Waals surface area (Å²) in [6.45, 7) is 0. The maximum atomic E-state index is 12.7. The van der Waals surface area contributed by atoms with E-state index >= 15 is 0 Å². The summed E-state index contributed by atoms with van der Waals surface area (Å²) in [5.74, 6) is -0.125. The van der Waals surface area contributed by atoms with Gasteiger partial charge in [0, 0.05) is 35.9 Å². The number of hydrogen-bond acceptors (Lipinski definition) is 7. The summed E-state index contributed by atoms with van der Waals surface area (Å²) in [4.78, 5) is 37.4. The van der Waals surface area contributed by atoms with Crippen molar-refractivity contribution in [3.8, 4) is 0 Å². The van der Waals surface area contributed by atoms with Gasteiger partial charge in [0.15, 0.2) is 0 Å². The first-order valence-corrected chi connectivity index (χ1v) is 11.6. The van der Waals surface area contributed by atoms with E-state index in [0.717, 1.165) is 28.6 Å². The highest BCUT2D eigenvalue weighted by Crippen LogP contribution is 2.26. The molecule has 8 nitrogen and oxygen atoms in total. The molecule has 3 aromatic heterocycles. The van der Waals surface area contributed by atoms with Gasteiger partial charge in [0.05, 0.1) is 29.4 Å². The third-order valence-corrected chi connectivity index (χ3v) is 5.82. The maximum absolute atomic E-state index is 12.7. The number of nitrogens with zero attached hydrogens (tertiary/aromatic N) is 3. The van der Waals surface area contributed by atoms with Crippen LogP contribution in [0, 0.1) is 0 Å². The molecule has 0 unspecified atom stereocenters. The molecule has 0 spiro atoms. The van der Waals surface area contributed by atoms with Crippen LogP contribution in [0.2, 0.25) is 0 Å². The van der Waals surface area contributed by atoms with Gasteiger partial charge in [-0.15, -0.1) is 0 Å². The van der Waals surface area contributed by atoms with Crippen LogP contribution >= 0.6 is 0 Å². The van der Waals surface area contributed by atoms with Gasteiger partial charge < -0.3 is 15.4 Å². The van der Waals surface area contributed by atoms with Crippen LogP contribution in [0.1, 0.15) is 31.8 Å². The molecule has 0 aliphatic heterocycles. The second-order valence-electron chi connectivity index (χ2n) is 8.32. The molecule has 182 valence electrons. The van der Waals surface area contributed by atoms with Crippen molar-refractivity contribution in [1.29, 1.82) is 0 Å². The molecular formula is C29H23N5O3. The van der Waals surface area contributed by atoms with Crippen molar-refractivity contribution in [1.82, 2.24) is 15.0 Å². The van der Waals surface area contributed by atoms with Crippen molar-refractivity contribution < 1.29 is 14.3 Å². The molecule has 2 aromatic carbocycles. The predicted octanol–water partition coefficient (Wildman–Crippen LogP) is 5.40. The highest BCUT2D eigenvalue weighted by atomic mass is 16.5. The summed E-state index contributed by atoms with van der Waals surface area (Å²) < 4.78 is 4.82. The fourth-order valence-corrected chi connectivity index (χ4v) is 3.89. The minimum absolute atomic E-state index is 0.252. The van der Waals surface area contributed by atoms with Crippen LogP contribution in [0.4, 0.5) is 17.2 Å². The summed E-state index contributed by atoms with van der Waals surface area (Å²) in [6, 6.07) is 22.1. The number of esters is 1. The first-order valence-electron chi connectivity index (χ1n) is 11.6. The van der Waals surface area contributed by atoms with E-state index in [1.807, 2.05) is 36.4 Å². The van der Waals surface area contributed by atoms with Gasteiger partial charge in [-0.25, -0.2) is 9.78 Å². The van der Waals surface area contributed by atoms with E-state index in [2.05, 4.69) is 25.6 Å². The highest BCUT2D eigenvalue weighted by molar-refractivity contribution is 6.04. The summed E-state index contributed by atoms with van der Waals surface area (Å²) >= 11 is 0. The number of benzene rings is 2. The predicted molar refractivity (Wildman–Crippen MR) is 142 cm³/mol. The number of ether oxygens (including phenoxy) is 1. The molecule has 0 atom stereocenters. The number of anilines is 3. The Bertz CT molecular complexity index is 1550. The van der Waals surface area contributed by atoms with Crippen molar-refractivity contribution >= 4 is 40.0 Å². The average Bonchev–Trinajstić information content (AvgIpc) is 2.94. The SMILES string of the molecule is COC(=O)c1ccc2nccc(Nc3ccc(C(=O)Nc4ccc(Cc5ccncc5)cc4)cn3)c2c1. The zero-order chi connectivity index (χ0) is 25.6. The molecule has 5 aromatic rings. The molecule has 2 N–H and O–H groups in total. The minimum Gasteiger partial charge on any atom is -0.465 e. The Hall–Kier alpha value is -5.11. The number of carbonyl (C=O) groups excluding carboxylic acids is 2. The fraction of sp³-hybridized carbons (Fsp3) is 0.0690. The van der Waals surface area contributed by atoms with Gasteiger partial charge in [-0.2, -0.15) is 0 Å². The smallest absolute Gasteiger partial charge is 0.337 e. The molecule has 0 aliphatic rings. The molecule has 37 heavy (non-hydrogen) atoms. The largest absolute Gasteiger partial charge is 0.465 e. The number of nitrogens with one attached hydrogen (secondary N) is 2. The zero-order valence-corrected chi connectivity index (χ0v) is 20.0. The Balaban J connectivity index is 1.25. The van der Waals surface area contributed by atoms with Crippen LogP contribution < -0.4 is 10.6 Å². The standard InChI is InChI=1S/C29H23N5O3/c1-37-29(36)21-4-8-25-24(17-21)26(12-15-31-25)34-27-9-5-22(18-32-27)28(35)33-23-6-2-19(3-7-23)16-20-10-13-30-14-11-20/h2-15,17-18H,16H2,1H3,(H,33,35)(H,31,32,34). The molecule has 0 saturated carbocycles. The average molecular weight is 490 g/mol. The van der Waals surface area contributed by atoms with Crippen LogP contribution in [0.3, 0.4) is 0 Å². The zero-order valence-electron chi connectivity index (χ0n) is 20.0. The van der Waals surface area contributed by atoms with Crippen LogP contribution in [-0.4, -0.2) is 33.9 Å². The van der Waals surface area contributed by atoms with Crippen molar-refractivity contribution in [3.05, 3.63) is 120 Å². The van der Waals surface area contributed by atoms with Crippen molar-refractivity contribution in [2.75, 3.05) is 17.7 Å². The third kappa shape index (κ3) is 5.59. The number of methoxy groups -OCH3 is 1. The van der Waals surface area contributed by atoms with Crippen molar-refractivity contribution in [2.45, 2.75) is 6.42 Å². The van der Waals surface area contributed by atoms with Crippen LogP contribution in [-0.2, 0) is 11.2 Å². The highest BCUT2D eigenvalue weighted by Gasteiger charge is 2.11. The van der Waals surface area contributed by atoms with E-state index in [-0.39, 0.29) is 5.91 Å². The number of carbonyl (C=O) groups is 2. The van der Waals surface area contributed by atoms with Gasteiger partial charge in [0.2, 0.25) is 0 Å². The summed E-state index contributed by atoms with van der Waals surface area (Å²) in [5, 5.41) is 6.89. The molecule has 0 bridgehead atoms. The van der Waals surface area contributed by atoms with Crippen LogP contribution in [0.5, 0.6) is 0 Å². The number of fused-ring (bicyclic) bond motifs is 1. The van der Waals surface area contributed by atoms with Gasteiger partial charge in [-0.3, -0.25) is 14.8 Å². The summed E-state index contributed by atoms with van der Waals surface area (Å²) in [5.41, 5.74) is 5.33. The van der Waals surface area contributed by atoms with E-state index in [1.54, 1.807) is 55.0 Å². The van der Waals surface area contributed by atoms with Gasteiger partial charge in [-0.05, 0) is 78.2 Å². The van der Waals surface area contributed by atoms with Crippen LogP contribution in [0.25, 0.3) is 10.9 Å². The van der Waals surface area contributed by atoms with E-state index in [1.165, 1.54) is 18.9 Å². The van der Waals surface area contributed by atoms with E-state index in [4.69, 9.17) is 4.74 Å². The molecule has 8 heteroatoms. The lowest BCUT2D eigenvalue weighted by molar-refractivity contribution is 0.0600. The van der Waals surface area contributed by atoms with Crippen molar-refractivity contribution in [2.24, 2.45) is 0 Å². The molecule has 0 aliphatic carbocycles. The number of rotatable bonds is 7. The van der Waals surface area contributed by atoms with E-state index < -0.39 is 5.97 Å². The van der Waals surface area contributed by atoms with Gasteiger partial charge in [0.25, 0.3) is 5.91 Å². The number of pyridine rings is 3. The second-order valence-corrected chi connectivity index (χ2v) is 8.32. The fourth-order valence-electron chi connectivity index (χ4n) is 3.89. The van der Waals surface area contributed by atoms with Gasteiger partial charge in [-0.1, -0.05) is 12.1 Å². The van der Waals surface area contributed by atoms with Crippen molar-refractivity contribution in [3.63, 3.8) is 0 Å². The Morgan fingerprint density at radius 1 is 0.811 bits per heavy atom. The first kappa shape index (κ1) is 23.6. The Kier molecular flexibility index (Phi) is 6.80. The second kappa shape index (κ2) is 10.7. The van der Waals surface area contributed by atoms with E-state index in [0.29, 0.717) is 22.6 Å². The van der Waals surface area contributed by atoms with Gasteiger partial charge in [0.1, 0.15) is 5.82 Å². The summed E-state index contributed by atoms with van der Waals surface area (Å²) in [7, 11) is 1.34. The monoisotopic (exact) mass is 489 g/mol.